The smallest absolute Gasteiger partial charge is 0.243 e. The Balaban J connectivity index is 1.57. The molecule has 24 heavy (non-hydrogen) atoms. The van der Waals surface area contributed by atoms with Crippen molar-refractivity contribution in [3.63, 3.8) is 0 Å². The molecule has 0 unspecified atom stereocenters. The Morgan fingerprint density at radius 3 is 2.67 bits per heavy atom. The molecule has 1 aliphatic rings. The van der Waals surface area contributed by atoms with Gasteiger partial charge in [0.05, 0.1) is 15.9 Å². The van der Waals surface area contributed by atoms with Gasteiger partial charge in [0.15, 0.2) is 0 Å². The maximum atomic E-state index is 12.8. The Kier molecular flexibility index (Phi) is 3.63. The summed E-state index contributed by atoms with van der Waals surface area (Å²) in [5.41, 5.74) is 2.46. The van der Waals surface area contributed by atoms with E-state index in [9.17, 15) is 8.42 Å². The number of H-pyrrole nitrogens is 1. The lowest BCUT2D eigenvalue weighted by Crippen LogP contribution is -2.48. The minimum atomic E-state index is -3.52. The summed E-state index contributed by atoms with van der Waals surface area (Å²) in [7, 11) is -3.52. The first-order valence-electron chi connectivity index (χ1n) is 7.67. The van der Waals surface area contributed by atoms with E-state index in [1.807, 2.05) is 24.3 Å². The summed E-state index contributed by atoms with van der Waals surface area (Å²) in [6.45, 7) is 2.58. The number of halogens is 1. The standard InChI is InChI=1S/C17H16ClN3O2S/c1-11-13(18)5-4-8-16(11)24(22,23)21-9-12(10-21)17-19-14-6-2-3-7-15(14)20-17/h2-8,12H,9-10H2,1H3,(H,19,20). The van der Waals surface area contributed by atoms with Crippen molar-refractivity contribution >= 4 is 32.7 Å². The van der Waals surface area contributed by atoms with Gasteiger partial charge in [0, 0.05) is 24.0 Å². The number of aromatic amines is 1. The predicted molar refractivity (Wildman–Crippen MR) is 93.8 cm³/mol. The minimum absolute atomic E-state index is 0.0895. The van der Waals surface area contributed by atoms with Gasteiger partial charge in [-0.3, -0.25) is 0 Å². The maximum Gasteiger partial charge on any atom is 0.243 e. The van der Waals surface area contributed by atoms with Crippen LogP contribution in [0.5, 0.6) is 0 Å². The third-order valence-electron chi connectivity index (χ3n) is 4.48. The van der Waals surface area contributed by atoms with Gasteiger partial charge < -0.3 is 4.98 Å². The second kappa shape index (κ2) is 5.58. The van der Waals surface area contributed by atoms with Crippen LogP contribution < -0.4 is 0 Å². The Morgan fingerprint density at radius 1 is 1.17 bits per heavy atom. The Hall–Kier alpha value is -1.89. The first kappa shape index (κ1) is 15.6. The number of nitrogens with zero attached hydrogens (tertiary/aromatic N) is 2. The second-order valence-electron chi connectivity index (χ2n) is 6.02. The molecule has 0 atom stereocenters. The van der Waals surface area contributed by atoms with Crippen molar-refractivity contribution in [3.8, 4) is 0 Å². The molecule has 124 valence electrons. The fraction of sp³-hybridized carbons (Fsp3) is 0.235. The summed E-state index contributed by atoms with van der Waals surface area (Å²) in [5, 5.41) is 0.463. The second-order valence-corrected chi connectivity index (χ2v) is 8.33. The molecule has 3 aromatic rings. The minimum Gasteiger partial charge on any atom is -0.342 e. The molecule has 2 heterocycles. The van der Waals surface area contributed by atoms with Crippen LogP contribution in [0, 0.1) is 6.92 Å². The monoisotopic (exact) mass is 361 g/mol. The number of sulfonamides is 1. The van der Waals surface area contributed by atoms with Gasteiger partial charge in [-0.2, -0.15) is 4.31 Å². The average Bonchev–Trinajstić information content (AvgIpc) is 2.91. The molecule has 1 aliphatic heterocycles. The zero-order valence-corrected chi connectivity index (χ0v) is 14.6. The van der Waals surface area contributed by atoms with Crippen LogP contribution in [-0.2, 0) is 10.0 Å². The summed E-state index contributed by atoms with van der Waals surface area (Å²) < 4.78 is 27.0. The number of rotatable bonds is 3. The van der Waals surface area contributed by atoms with E-state index in [2.05, 4.69) is 9.97 Å². The topological polar surface area (TPSA) is 66.1 Å². The molecule has 0 saturated carbocycles. The Morgan fingerprint density at radius 2 is 1.92 bits per heavy atom. The van der Waals surface area contributed by atoms with Crippen molar-refractivity contribution in [1.29, 1.82) is 0 Å². The Bertz CT molecular complexity index is 990. The molecule has 5 nitrogen and oxygen atoms in total. The number of nitrogens with one attached hydrogen (secondary N) is 1. The highest BCUT2D eigenvalue weighted by Gasteiger charge is 2.39. The van der Waals surface area contributed by atoms with Gasteiger partial charge in [0.1, 0.15) is 5.82 Å². The van der Waals surface area contributed by atoms with Crippen LogP contribution in [0.3, 0.4) is 0 Å². The average molecular weight is 362 g/mol. The van der Waals surface area contributed by atoms with Crippen molar-refractivity contribution in [3.05, 3.63) is 58.9 Å². The summed E-state index contributed by atoms with van der Waals surface area (Å²) in [6, 6.07) is 12.8. The van der Waals surface area contributed by atoms with Gasteiger partial charge in [0.25, 0.3) is 0 Å². The quantitative estimate of drug-likeness (QED) is 0.778. The molecule has 2 aromatic carbocycles. The first-order chi connectivity index (χ1) is 11.5. The summed E-state index contributed by atoms with van der Waals surface area (Å²) in [6.07, 6.45) is 0. The Labute approximate surface area is 145 Å². The van der Waals surface area contributed by atoms with Crippen molar-refractivity contribution in [1.82, 2.24) is 14.3 Å². The van der Waals surface area contributed by atoms with Crippen molar-refractivity contribution < 1.29 is 8.42 Å². The highest BCUT2D eigenvalue weighted by molar-refractivity contribution is 7.89. The number of para-hydroxylation sites is 2. The van der Waals surface area contributed by atoms with Gasteiger partial charge in [-0.1, -0.05) is 29.8 Å². The molecule has 7 heteroatoms. The molecule has 0 amide bonds. The third-order valence-corrected chi connectivity index (χ3v) is 6.86. The van der Waals surface area contributed by atoms with Crippen molar-refractivity contribution in [2.24, 2.45) is 0 Å². The number of benzene rings is 2. The number of fused-ring (bicyclic) bond motifs is 1. The number of imidazole rings is 1. The highest BCUT2D eigenvalue weighted by Crippen LogP contribution is 2.33. The van der Waals surface area contributed by atoms with Gasteiger partial charge in [-0.05, 0) is 36.8 Å². The van der Waals surface area contributed by atoms with Gasteiger partial charge >= 0.3 is 0 Å². The van der Waals surface area contributed by atoms with E-state index in [0.717, 1.165) is 16.9 Å². The molecule has 4 rings (SSSR count). The lowest BCUT2D eigenvalue weighted by atomic mass is 10.0. The fourth-order valence-electron chi connectivity index (χ4n) is 2.98. The largest absolute Gasteiger partial charge is 0.342 e. The zero-order chi connectivity index (χ0) is 16.9. The molecule has 1 fully saturated rings. The predicted octanol–water partition coefficient (Wildman–Crippen LogP) is 3.31. The molecule has 0 bridgehead atoms. The third kappa shape index (κ3) is 2.42. The molecule has 0 aliphatic carbocycles. The van der Waals surface area contributed by atoms with Crippen LogP contribution in [0.1, 0.15) is 17.3 Å². The molecular weight excluding hydrogens is 346 g/mol. The lowest BCUT2D eigenvalue weighted by molar-refractivity contribution is 0.257. The molecule has 1 N–H and O–H groups in total. The maximum absolute atomic E-state index is 12.8. The highest BCUT2D eigenvalue weighted by atomic mass is 35.5. The van der Waals surface area contributed by atoms with E-state index in [4.69, 9.17) is 11.6 Å². The van der Waals surface area contributed by atoms with Gasteiger partial charge in [-0.25, -0.2) is 13.4 Å². The molecular formula is C17H16ClN3O2S. The van der Waals surface area contributed by atoms with E-state index in [1.54, 1.807) is 25.1 Å². The number of aromatic nitrogens is 2. The van der Waals surface area contributed by atoms with Crippen LogP contribution >= 0.6 is 11.6 Å². The lowest BCUT2D eigenvalue weighted by Gasteiger charge is -2.37. The fourth-order valence-corrected chi connectivity index (χ4v) is 4.99. The number of hydrogen-bond donors (Lipinski definition) is 1. The van der Waals surface area contributed by atoms with Crippen LogP contribution in [0.25, 0.3) is 11.0 Å². The molecule has 1 aromatic heterocycles. The van der Waals surface area contributed by atoms with Crippen LogP contribution in [0.2, 0.25) is 5.02 Å². The van der Waals surface area contributed by atoms with Crippen molar-refractivity contribution in [2.75, 3.05) is 13.1 Å². The van der Waals surface area contributed by atoms with Crippen LogP contribution in [-0.4, -0.2) is 35.8 Å². The normalized spacial score (nSPS) is 16.4. The first-order valence-corrected chi connectivity index (χ1v) is 9.48. The summed E-state index contributed by atoms with van der Waals surface area (Å²) >= 11 is 6.06. The van der Waals surface area contributed by atoms with E-state index in [-0.39, 0.29) is 10.8 Å². The van der Waals surface area contributed by atoms with Gasteiger partial charge in [-0.15, -0.1) is 0 Å². The molecule has 0 radical (unpaired) electrons. The van der Waals surface area contributed by atoms with E-state index >= 15 is 0 Å². The summed E-state index contributed by atoms with van der Waals surface area (Å²) in [5.74, 6) is 0.928. The van der Waals surface area contributed by atoms with E-state index in [0.29, 0.717) is 23.7 Å². The summed E-state index contributed by atoms with van der Waals surface area (Å²) in [4.78, 5) is 8.11. The molecule has 0 spiro atoms. The van der Waals surface area contributed by atoms with Crippen molar-refractivity contribution in [2.45, 2.75) is 17.7 Å². The molecule has 1 saturated heterocycles. The van der Waals surface area contributed by atoms with E-state index in [1.165, 1.54) is 4.31 Å². The van der Waals surface area contributed by atoms with E-state index < -0.39 is 10.0 Å². The van der Waals surface area contributed by atoms with Crippen LogP contribution in [0.15, 0.2) is 47.4 Å². The number of hydrogen-bond acceptors (Lipinski definition) is 3. The SMILES string of the molecule is Cc1c(Cl)cccc1S(=O)(=O)N1CC(c2nc3ccccc3[nH]2)C1. The van der Waals surface area contributed by atoms with Crippen LogP contribution in [0.4, 0.5) is 0 Å². The zero-order valence-electron chi connectivity index (χ0n) is 13.0. The van der Waals surface area contributed by atoms with Gasteiger partial charge in [0.2, 0.25) is 10.0 Å².